The predicted octanol–water partition coefficient (Wildman–Crippen LogP) is 6.85. The minimum absolute atomic E-state index is 0.780. The molecule has 1 heteroatoms. The van der Waals surface area contributed by atoms with Crippen LogP contribution in [0.25, 0.3) is 0 Å². The van der Waals surface area contributed by atoms with Gasteiger partial charge in [-0.2, -0.15) is 0 Å². The molecule has 0 aliphatic heterocycles. The van der Waals surface area contributed by atoms with E-state index in [0.29, 0.717) is 0 Å². The Bertz CT molecular complexity index is 565. The summed E-state index contributed by atoms with van der Waals surface area (Å²) in [6.07, 6.45) is 9.21. The Kier molecular flexibility index (Phi) is 6.21. The van der Waals surface area contributed by atoms with Gasteiger partial charge in [-0.25, -0.2) is 0 Å². The number of thioether (sulfide) groups is 1. The molecule has 122 valence electrons. The fourth-order valence-corrected chi connectivity index (χ4v) is 4.75. The summed E-state index contributed by atoms with van der Waals surface area (Å²) in [5, 5.41) is 0.803. The molecule has 0 nitrogen and oxygen atoms in total. The quantitative estimate of drug-likeness (QED) is 0.560. The van der Waals surface area contributed by atoms with Crippen molar-refractivity contribution in [1.82, 2.24) is 0 Å². The fourth-order valence-electron chi connectivity index (χ4n) is 3.54. The maximum atomic E-state index is 2.39. The molecule has 1 aliphatic rings. The van der Waals surface area contributed by atoms with E-state index in [9.17, 15) is 0 Å². The summed E-state index contributed by atoms with van der Waals surface area (Å²) in [5.74, 6) is 0.780. The third-order valence-electron chi connectivity index (χ3n) is 4.99. The van der Waals surface area contributed by atoms with Crippen molar-refractivity contribution in [2.75, 3.05) is 0 Å². The molecule has 0 amide bonds. The molecule has 0 radical (unpaired) electrons. The SMILES string of the molecule is CCCCc1ccc(C2CCC(Sc3ccccc3)CC2)cc1. The molecule has 0 spiro atoms. The van der Waals surface area contributed by atoms with Crippen molar-refractivity contribution in [2.24, 2.45) is 0 Å². The first-order valence-electron chi connectivity index (χ1n) is 9.15. The second kappa shape index (κ2) is 8.59. The Labute approximate surface area is 145 Å². The summed E-state index contributed by atoms with van der Waals surface area (Å²) in [6, 6.07) is 20.4. The first-order chi connectivity index (χ1) is 11.3. The van der Waals surface area contributed by atoms with Crippen molar-refractivity contribution < 1.29 is 0 Å². The van der Waals surface area contributed by atoms with E-state index >= 15 is 0 Å². The van der Waals surface area contributed by atoms with Crippen molar-refractivity contribution in [3.63, 3.8) is 0 Å². The Morgan fingerprint density at radius 1 is 0.870 bits per heavy atom. The molecule has 0 N–H and O–H groups in total. The van der Waals surface area contributed by atoms with Gasteiger partial charge in [-0.3, -0.25) is 0 Å². The van der Waals surface area contributed by atoms with Gasteiger partial charge in [0.2, 0.25) is 0 Å². The zero-order valence-corrected chi connectivity index (χ0v) is 15.0. The normalized spacial score (nSPS) is 21.3. The number of aryl methyl sites for hydroxylation is 1. The van der Waals surface area contributed by atoms with Crippen LogP contribution >= 0.6 is 11.8 Å². The largest absolute Gasteiger partial charge is 0.123 e. The van der Waals surface area contributed by atoms with E-state index in [4.69, 9.17) is 0 Å². The summed E-state index contributed by atoms with van der Waals surface area (Å²) in [4.78, 5) is 1.43. The van der Waals surface area contributed by atoms with Crippen LogP contribution in [0.15, 0.2) is 59.5 Å². The highest BCUT2D eigenvalue weighted by molar-refractivity contribution is 8.00. The van der Waals surface area contributed by atoms with Gasteiger partial charge in [0, 0.05) is 10.1 Å². The van der Waals surface area contributed by atoms with Gasteiger partial charge in [-0.05, 0) is 67.7 Å². The molecule has 1 saturated carbocycles. The van der Waals surface area contributed by atoms with Crippen LogP contribution < -0.4 is 0 Å². The first-order valence-corrected chi connectivity index (χ1v) is 10.0. The average molecular weight is 325 g/mol. The van der Waals surface area contributed by atoms with E-state index in [1.165, 1.54) is 55.4 Å². The molecule has 0 atom stereocenters. The molecular weight excluding hydrogens is 296 g/mol. The lowest BCUT2D eigenvalue weighted by Crippen LogP contribution is -2.15. The van der Waals surface area contributed by atoms with E-state index in [1.54, 1.807) is 5.56 Å². The Balaban J connectivity index is 1.50. The summed E-state index contributed by atoms with van der Waals surface area (Å²) < 4.78 is 0. The second-order valence-corrected chi connectivity index (χ2v) is 8.12. The van der Waals surface area contributed by atoms with Crippen molar-refractivity contribution in [3.05, 3.63) is 65.7 Å². The van der Waals surface area contributed by atoms with E-state index in [0.717, 1.165) is 11.2 Å². The van der Waals surface area contributed by atoms with Gasteiger partial charge in [-0.1, -0.05) is 55.8 Å². The van der Waals surface area contributed by atoms with E-state index in [-0.39, 0.29) is 0 Å². The molecule has 1 fully saturated rings. The molecule has 0 heterocycles. The van der Waals surface area contributed by atoms with E-state index in [1.807, 2.05) is 0 Å². The monoisotopic (exact) mass is 324 g/mol. The highest BCUT2D eigenvalue weighted by atomic mass is 32.2. The predicted molar refractivity (Wildman–Crippen MR) is 102 cm³/mol. The highest BCUT2D eigenvalue weighted by Gasteiger charge is 2.22. The molecule has 2 aromatic rings. The molecular formula is C22H28S. The lowest BCUT2D eigenvalue weighted by atomic mass is 9.83. The van der Waals surface area contributed by atoms with Gasteiger partial charge >= 0.3 is 0 Å². The number of unbranched alkanes of at least 4 members (excludes halogenated alkanes) is 1. The molecule has 3 rings (SSSR count). The van der Waals surface area contributed by atoms with E-state index in [2.05, 4.69) is 73.3 Å². The van der Waals surface area contributed by atoms with Gasteiger partial charge in [0.1, 0.15) is 0 Å². The average Bonchev–Trinajstić information content (AvgIpc) is 2.62. The minimum Gasteiger partial charge on any atom is -0.123 e. The van der Waals surface area contributed by atoms with Crippen LogP contribution in [0.1, 0.15) is 62.5 Å². The van der Waals surface area contributed by atoms with Crippen molar-refractivity contribution >= 4 is 11.8 Å². The molecule has 23 heavy (non-hydrogen) atoms. The number of rotatable bonds is 6. The van der Waals surface area contributed by atoms with Gasteiger partial charge in [0.05, 0.1) is 0 Å². The lowest BCUT2D eigenvalue weighted by Gasteiger charge is -2.28. The molecule has 1 aliphatic carbocycles. The highest BCUT2D eigenvalue weighted by Crippen LogP contribution is 2.39. The van der Waals surface area contributed by atoms with Gasteiger partial charge in [-0.15, -0.1) is 11.8 Å². The third-order valence-corrected chi connectivity index (χ3v) is 6.34. The molecule has 0 bridgehead atoms. The second-order valence-electron chi connectivity index (χ2n) is 6.75. The van der Waals surface area contributed by atoms with Crippen molar-refractivity contribution in [1.29, 1.82) is 0 Å². The summed E-state index contributed by atoms with van der Waals surface area (Å²) in [6.45, 7) is 2.26. The van der Waals surface area contributed by atoms with Crippen LogP contribution in [-0.2, 0) is 6.42 Å². The first kappa shape index (κ1) is 16.6. The maximum Gasteiger partial charge on any atom is 0.00948 e. The molecule has 0 unspecified atom stereocenters. The van der Waals surface area contributed by atoms with Crippen LogP contribution in [0.4, 0.5) is 0 Å². The fraction of sp³-hybridized carbons (Fsp3) is 0.455. The summed E-state index contributed by atoms with van der Waals surface area (Å²) >= 11 is 2.07. The number of benzene rings is 2. The minimum atomic E-state index is 0.780. The van der Waals surface area contributed by atoms with Crippen LogP contribution in [-0.4, -0.2) is 5.25 Å². The zero-order chi connectivity index (χ0) is 15.9. The van der Waals surface area contributed by atoms with Crippen LogP contribution in [0.2, 0.25) is 0 Å². The lowest BCUT2D eigenvalue weighted by molar-refractivity contribution is 0.453. The Hall–Kier alpha value is -1.21. The van der Waals surface area contributed by atoms with Gasteiger partial charge < -0.3 is 0 Å². The maximum absolute atomic E-state index is 2.39. The number of hydrogen-bond donors (Lipinski definition) is 0. The van der Waals surface area contributed by atoms with Crippen LogP contribution in [0, 0.1) is 0 Å². The van der Waals surface area contributed by atoms with Crippen molar-refractivity contribution in [3.8, 4) is 0 Å². The molecule has 2 aromatic carbocycles. The molecule has 0 saturated heterocycles. The van der Waals surface area contributed by atoms with Gasteiger partial charge in [0.25, 0.3) is 0 Å². The Morgan fingerprint density at radius 2 is 1.57 bits per heavy atom. The van der Waals surface area contributed by atoms with Crippen molar-refractivity contribution in [2.45, 2.75) is 67.9 Å². The standard InChI is InChI=1S/C22H28S/c1-2-3-7-18-10-12-19(13-11-18)20-14-16-22(17-15-20)23-21-8-5-4-6-9-21/h4-6,8-13,20,22H,2-3,7,14-17H2,1H3. The zero-order valence-electron chi connectivity index (χ0n) is 14.2. The van der Waals surface area contributed by atoms with Crippen LogP contribution in [0.5, 0.6) is 0 Å². The van der Waals surface area contributed by atoms with Gasteiger partial charge in [0.15, 0.2) is 0 Å². The topological polar surface area (TPSA) is 0 Å². The molecule has 0 aromatic heterocycles. The van der Waals surface area contributed by atoms with E-state index < -0.39 is 0 Å². The summed E-state index contributed by atoms with van der Waals surface area (Å²) in [5.41, 5.74) is 3.07. The van der Waals surface area contributed by atoms with Crippen LogP contribution in [0.3, 0.4) is 0 Å². The summed E-state index contributed by atoms with van der Waals surface area (Å²) in [7, 11) is 0. The third kappa shape index (κ3) is 4.88. The Morgan fingerprint density at radius 3 is 2.22 bits per heavy atom. The smallest absolute Gasteiger partial charge is 0.00948 e. The number of hydrogen-bond acceptors (Lipinski definition) is 1.